The van der Waals surface area contributed by atoms with Gasteiger partial charge in [0.1, 0.15) is 11.5 Å². The molecule has 22 heavy (non-hydrogen) atoms. The van der Waals surface area contributed by atoms with Crippen LogP contribution in [0, 0.1) is 0 Å². The van der Waals surface area contributed by atoms with Crippen LogP contribution in [-0.2, 0) is 4.74 Å². The minimum atomic E-state index is -0.655. The molecule has 0 bridgehead atoms. The maximum Gasteiger partial charge on any atom is 0.427 e. The van der Waals surface area contributed by atoms with Crippen LogP contribution in [0.1, 0.15) is 18.1 Å². The van der Waals surface area contributed by atoms with Crippen LogP contribution in [0.3, 0.4) is 0 Å². The lowest BCUT2D eigenvalue weighted by Crippen LogP contribution is -2.21. The van der Waals surface area contributed by atoms with Crippen molar-refractivity contribution in [3.63, 3.8) is 0 Å². The van der Waals surface area contributed by atoms with Crippen molar-refractivity contribution in [2.24, 2.45) is 5.10 Å². The maximum absolute atomic E-state index is 11.4. The highest BCUT2D eigenvalue weighted by molar-refractivity contribution is 6.13. The van der Waals surface area contributed by atoms with Crippen LogP contribution in [-0.4, -0.2) is 28.6 Å². The fraction of sp³-hybridized carbons (Fsp3) is 0.125. The third-order valence-corrected chi connectivity index (χ3v) is 2.82. The van der Waals surface area contributed by atoms with Crippen molar-refractivity contribution in [2.75, 3.05) is 6.61 Å². The summed E-state index contributed by atoms with van der Waals surface area (Å²) in [5, 5.41) is 22.8. The molecule has 0 atom stereocenters. The first kappa shape index (κ1) is 15.4. The number of nitrogens with one attached hydrogen (secondary N) is 1. The molecule has 0 unspecified atom stereocenters. The van der Waals surface area contributed by atoms with Gasteiger partial charge in [-0.15, -0.1) is 0 Å². The Morgan fingerprint density at radius 1 is 1.00 bits per heavy atom. The Morgan fingerprint density at radius 2 is 1.45 bits per heavy atom. The molecule has 3 N–H and O–H groups in total. The molecule has 0 aliphatic carbocycles. The third-order valence-electron chi connectivity index (χ3n) is 2.82. The zero-order valence-corrected chi connectivity index (χ0v) is 12.0. The van der Waals surface area contributed by atoms with Gasteiger partial charge in [0.25, 0.3) is 0 Å². The Kier molecular flexibility index (Phi) is 4.98. The van der Waals surface area contributed by atoms with Crippen molar-refractivity contribution in [3.8, 4) is 11.5 Å². The van der Waals surface area contributed by atoms with Gasteiger partial charge in [-0.05, 0) is 55.5 Å². The van der Waals surface area contributed by atoms with E-state index in [1.165, 1.54) is 24.3 Å². The van der Waals surface area contributed by atoms with Crippen molar-refractivity contribution in [1.29, 1.82) is 0 Å². The Bertz CT molecular complexity index is 616. The lowest BCUT2D eigenvalue weighted by Gasteiger charge is -2.08. The minimum absolute atomic E-state index is 0.132. The highest BCUT2D eigenvalue weighted by atomic mass is 16.5. The summed E-state index contributed by atoms with van der Waals surface area (Å²) in [6, 6.07) is 12.8. The summed E-state index contributed by atoms with van der Waals surface area (Å²) in [4.78, 5) is 11.4. The highest BCUT2D eigenvalue weighted by Crippen LogP contribution is 2.17. The van der Waals surface area contributed by atoms with E-state index >= 15 is 0 Å². The Morgan fingerprint density at radius 3 is 1.86 bits per heavy atom. The number of phenolic OH excluding ortho intramolecular Hbond substituents is 2. The number of benzene rings is 2. The molecule has 0 aliphatic rings. The second-order valence-corrected chi connectivity index (χ2v) is 4.39. The lowest BCUT2D eigenvalue weighted by atomic mass is 10.0. The molecule has 0 saturated heterocycles. The Labute approximate surface area is 127 Å². The third kappa shape index (κ3) is 3.99. The molecule has 2 aromatic rings. The van der Waals surface area contributed by atoms with E-state index in [0.717, 1.165) is 0 Å². The lowest BCUT2D eigenvalue weighted by molar-refractivity contribution is 0.152. The molecule has 114 valence electrons. The van der Waals surface area contributed by atoms with Gasteiger partial charge in [0.15, 0.2) is 0 Å². The Hall–Kier alpha value is -3.02. The summed E-state index contributed by atoms with van der Waals surface area (Å²) in [5.41, 5.74) is 4.18. The van der Waals surface area contributed by atoms with E-state index in [2.05, 4.69) is 10.5 Å². The molecule has 0 fully saturated rings. The SMILES string of the molecule is CCOC(=O)NN=C(c1ccc(O)cc1)c1ccc(O)cc1. The second-order valence-electron chi connectivity index (χ2n) is 4.39. The normalized spacial score (nSPS) is 9.86. The van der Waals surface area contributed by atoms with Crippen LogP contribution in [0.4, 0.5) is 4.79 Å². The van der Waals surface area contributed by atoms with Gasteiger partial charge in [0.2, 0.25) is 0 Å². The molecule has 0 saturated carbocycles. The first-order valence-corrected chi connectivity index (χ1v) is 6.69. The molecule has 0 aromatic heterocycles. The van der Waals surface area contributed by atoms with E-state index in [1.807, 2.05) is 0 Å². The molecule has 2 aromatic carbocycles. The number of hydrogen-bond donors (Lipinski definition) is 3. The van der Waals surface area contributed by atoms with Crippen LogP contribution in [0.15, 0.2) is 53.6 Å². The van der Waals surface area contributed by atoms with E-state index in [0.29, 0.717) is 16.8 Å². The monoisotopic (exact) mass is 300 g/mol. The smallest absolute Gasteiger partial charge is 0.427 e. The summed E-state index contributed by atoms with van der Waals surface area (Å²) >= 11 is 0. The second kappa shape index (κ2) is 7.12. The summed E-state index contributed by atoms with van der Waals surface area (Å²) < 4.78 is 4.77. The van der Waals surface area contributed by atoms with Crippen molar-refractivity contribution in [1.82, 2.24) is 5.43 Å². The molecule has 6 nitrogen and oxygen atoms in total. The quantitative estimate of drug-likeness (QED) is 0.598. The summed E-state index contributed by atoms with van der Waals surface area (Å²) in [6.07, 6.45) is -0.655. The Balaban J connectivity index is 2.35. The molecule has 6 heteroatoms. The number of aromatic hydroxyl groups is 2. The number of ether oxygens (including phenoxy) is 1. The van der Waals surface area contributed by atoms with Crippen LogP contribution in [0.5, 0.6) is 11.5 Å². The van der Waals surface area contributed by atoms with Gasteiger partial charge in [0.05, 0.1) is 12.3 Å². The van der Waals surface area contributed by atoms with Crippen LogP contribution in [0.2, 0.25) is 0 Å². The highest BCUT2D eigenvalue weighted by Gasteiger charge is 2.09. The predicted octanol–water partition coefficient (Wildman–Crippen LogP) is 2.60. The van der Waals surface area contributed by atoms with E-state index in [-0.39, 0.29) is 18.1 Å². The number of amides is 1. The zero-order chi connectivity index (χ0) is 15.9. The van der Waals surface area contributed by atoms with Crippen LogP contribution >= 0.6 is 0 Å². The number of hydrazone groups is 1. The molecule has 0 spiro atoms. The van der Waals surface area contributed by atoms with Gasteiger partial charge in [-0.2, -0.15) is 5.10 Å². The molecule has 0 radical (unpaired) electrons. The average Bonchev–Trinajstić information content (AvgIpc) is 2.51. The van der Waals surface area contributed by atoms with Crippen molar-refractivity contribution < 1.29 is 19.7 Å². The molecule has 0 heterocycles. The van der Waals surface area contributed by atoms with E-state index in [1.54, 1.807) is 31.2 Å². The van der Waals surface area contributed by atoms with E-state index < -0.39 is 6.09 Å². The topological polar surface area (TPSA) is 91.2 Å². The molecule has 2 rings (SSSR count). The molecule has 1 amide bonds. The first-order chi connectivity index (χ1) is 10.6. The fourth-order valence-corrected chi connectivity index (χ4v) is 1.80. The standard InChI is InChI=1S/C16H16N2O4/c1-2-22-16(21)18-17-15(11-3-7-13(19)8-4-11)12-5-9-14(20)10-6-12/h3-10,19-20H,2H2,1H3,(H,18,21). The number of phenols is 2. The number of rotatable bonds is 4. The van der Waals surface area contributed by atoms with Gasteiger partial charge in [-0.3, -0.25) is 0 Å². The van der Waals surface area contributed by atoms with Gasteiger partial charge in [-0.25, -0.2) is 10.2 Å². The number of nitrogens with zero attached hydrogens (tertiary/aromatic N) is 1. The average molecular weight is 300 g/mol. The van der Waals surface area contributed by atoms with Crippen LogP contribution in [0.25, 0.3) is 0 Å². The summed E-state index contributed by atoms with van der Waals surface area (Å²) in [5.74, 6) is 0.263. The first-order valence-electron chi connectivity index (χ1n) is 6.69. The van der Waals surface area contributed by atoms with Gasteiger partial charge in [-0.1, -0.05) is 0 Å². The van der Waals surface area contributed by atoms with Gasteiger partial charge >= 0.3 is 6.09 Å². The summed E-state index contributed by atoms with van der Waals surface area (Å²) in [6.45, 7) is 1.94. The predicted molar refractivity (Wildman–Crippen MR) is 82.0 cm³/mol. The number of carbonyl (C=O) groups excluding carboxylic acids is 1. The van der Waals surface area contributed by atoms with Crippen LogP contribution < -0.4 is 5.43 Å². The number of hydrogen-bond acceptors (Lipinski definition) is 5. The van der Waals surface area contributed by atoms with Crippen molar-refractivity contribution in [2.45, 2.75) is 6.92 Å². The molecular weight excluding hydrogens is 284 g/mol. The summed E-state index contributed by atoms with van der Waals surface area (Å²) in [7, 11) is 0. The maximum atomic E-state index is 11.4. The molecule has 0 aliphatic heterocycles. The van der Waals surface area contributed by atoms with Crippen molar-refractivity contribution in [3.05, 3.63) is 59.7 Å². The number of carbonyl (C=O) groups is 1. The van der Waals surface area contributed by atoms with E-state index in [4.69, 9.17) is 4.74 Å². The minimum Gasteiger partial charge on any atom is -0.508 e. The van der Waals surface area contributed by atoms with Gasteiger partial charge in [0, 0.05) is 11.1 Å². The van der Waals surface area contributed by atoms with Gasteiger partial charge < -0.3 is 14.9 Å². The van der Waals surface area contributed by atoms with Crippen molar-refractivity contribution >= 4 is 11.8 Å². The largest absolute Gasteiger partial charge is 0.508 e. The fourth-order valence-electron chi connectivity index (χ4n) is 1.80. The van der Waals surface area contributed by atoms with E-state index in [9.17, 15) is 15.0 Å². The molecular formula is C16H16N2O4. The zero-order valence-electron chi connectivity index (χ0n) is 12.0.